The summed E-state index contributed by atoms with van der Waals surface area (Å²) in [7, 11) is 1.48. The van der Waals surface area contributed by atoms with Gasteiger partial charge in [-0.2, -0.15) is 0 Å². The number of hydrogen-bond acceptors (Lipinski definition) is 3. The van der Waals surface area contributed by atoms with E-state index in [1.807, 2.05) is 0 Å². The summed E-state index contributed by atoms with van der Waals surface area (Å²) in [6.45, 7) is -0.102. The van der Waals surface area contributed by atoms with Gasteiger partial charge >= 0.3 is 0 Å². The van der Waals surface area contributed by atoms with E-state index in [1.54, 1.807) is 0 Å². The smallest absolute Gasteiger partial charge is 0.253 e. The van der Waals surface area contributed by atoms with E-state index in [0.29, 0.717) is 0 Å². The number of aromatic nitrogens is 1. The van der Waals surface area contributed by atoms with Gasteiger partial charge in [-0.15, -0.1) is 0 Å². The Morgan fingerprint density at radius 1 is 1.44 bits per heavy atom. The lowest BCUT2D eigenvalue weighted by molar-refractivity contribution is -0.119. The van der Waals surface area contributed by atoms with Gasteiger partial charge in [-0.1, -0.05) is 23.2 Å². The molecule has 0 radical (unpaired) electrons. The van der Waals surface area contributed by atoms with E-state index in [9.17, 15) is 9.59 Å². The van der Waals surface area contributed by atoms with Crippen molar-refractivity contribution < 1.29 is 9.59 Å². The number of nitrogens with zero attached hydrogens (tertiary/aromatic N) is 1. The number of hydrogen-bond donors (Lipinski definition) is 2. The highest BCUT2D eigenvalue weighted by atomic mass is 35.5. The van der Waals surface area contributed by atoms with Crippen molar-refractivity contribution in [3.05, 3.63) is 28.0 Å². The molecule has 0 spiro atoms. The normalized spacial score (nSPS) is 9.69. The second-order valence-corrected chi connectivity index (χ2v) is 3.62. The van der Waals surface area contributed by atoms with Crippen molar-refractivity contribution in [2.45, 2.75) is 0 Å². The van der Waals surface area contributed by atoms with Crippen LogP contribution in [0.5, 0.6) is 0 Å². The van der Waals surface area contributed by atoms with Gasteiger partial charge in [0.25, 0.3) is 5.91 Å². The molecule has 86 valence electrons. The molecule has 16 heavy (non-hydrogen) atoms. The molecule has 0 atom stereocenters. The summed E-state index contributed by atoms with van der Waals surface area (Å²) in [4.78, 5) is 26.1. The third-order valence-electron chi connectivity index (χ3n) is 1.75. The van der Waals surface area contributed by atoms with Crippen molar-refractivity contribution in [3.63, 3.8) is 0 Å². The molecule has 2 amide bonds. The first-order valence-electron chi connectivity index (χ1n) is 4.34. The molecule has 0 aliphatic rings. The number of pyridine rings is 1. The Kier molecular flexibility index (Phi) is 4.52. The second-order valence-electron chi connectivity index (χ2n) is 2.85. The van der Waals surface area contributed by atoms with Crippen LogP contribution >= 0.6 is 23.2 Å². The van der Waals surface area contributed by atoms with Crippen LogP contribution < -0.4 is 10.6 Å². The minimum absolute atomic E-state index is 0.102. The van der Waals surface area contributed by atoms with Gasteiger partial charge in [-0.25, -0.2) is 4.98 Å². The van der Waals surface area contributed by atoms with Crippen LogP contribution in [0.25, 0.3) is 0 Å². The van der Waals surface area contributed by atoms with Crippen LogP contribution in [0.4, 0.5) is 0 Å². The van der Waals surface area contributed by atoms with Crippen molar-refractivity contribution in [2.24, 2.45) is 0 Å². The van der Waals surface area contributed by atoms with Gasteiger partial charge < -0.3 is 10.6 Å². The average Bonchev–Trinajstić information content (AvgIpc) is 2.29. The van der Waals surface area contributed by atoms with Gasteiger partial charge in [0.1, 0.15) is 5.15 Å². The predicted molar refractivity (Wildman–Crippen MR) is 60.7 cm³/mol. The first kappa shape index (κ1) is 12.7. The van der Waals surface area contributed by atoms with Crippen molar-refractivity contribution in [1.82, 2.24) is 15.6 Å². The zero-order valence-electron chi connectivity index (χ0n) is 8.38. The summed E-state index contributed by atoms with van der Waals surface area (Å²) in [5.74, 6) is -0.726. The summed E-state index contributed by atoms with van der Waals surface area (Å²) in [5, 5.41) is 5.10. The molecule has 1 rings (SSSR count). The van der Waals surface area contributed by atoms with Crippen LogP contribution in [0.3, 0.4) is 0 Å². The summed E-state index contributed by atoms with van der Waals surface area (Å²) in [6.07, 6.45) is 1.29. The minimum atomic E-state index is -0.435. The zero-order chi connectivity index (χ0) is 12.1. The summed E-state index contributed by atoms with van der Waals surface area (Å²) < 4.78 is 0. The molecular weight excluding hydrogens is 253 g/mol. The summed E-state index contributed by atoms with van der Waals surface area (Å²) in [6, 6.07) is 1.38. The fourth-order valence-corrected chi connectivity index (χ4v) is 1.17. The third-order valence-corrected chi connectivity index (χ3v) is 2.43. The molecule has 0 aliphatic heterocycles. The topological polar surface area (TPSA) is 71.1 Å². The fourth-order valence-electron chi connectivity index (χ4n) is 0.896. The number of carbonyl (C=O) groups excluding carboxylic acids is 2. The summed E-state index contributed by atoms with van der Waals surface area (Å²) >= 11 is 11.3. The lowest BCUT2D eigenvalue weighted by Crippen LogP contribution is -2.35. The molecule has 1 aromatic rings. The Bertz CT molecular complexity index is 423. The fraction of sp³-hybridized carbons (Fsp3) is 0.222. The molecule has 0 saturated heterocycles. The SMILES string of the molecule is CNC(=O)CNC(=O)c1cnc(Cl)c(Cl)c1. The van der Waals surface area contributed by atoms with Crippen LogP contribution in [0, 0.1) is 0 Å². The number of carbonyl (C=O) groups is 2. The zero-order valence-corrected chi connectivity index (χ0v) is 9.89. The van der Waals surface area contributed by atoms with Crippen molar-refractivity contribution in [2.75, 3.05) is 13.6 Å². The standard InChI is InChI=1S/C9H9Cl2N3O2/c1-12-7(15)4-14-9(16)5-2-6(10)8(11)13-3-5/h2-3H,4H2,1H3,(H,12,15)(H,14,16). The molecule has 0 aromatic carbocycles. The molecular formula is C9H9Cl2N3O2. The van der Waals surface area contributed by atoms with E-state index in [1.165, 1.54) is 19.3 Å². The van der Waals surface area contributed by atoms with Crippen molar-refractivity contribution >= 4 is 35.0 Å². The van der Waals surface area contributed by atoms with Gasteiger partial charge in [0, 0.05) is 13.2 Å². The lowest BCUT2D eigenvalue weighted by Gasteiger charge is -2.04. The first-order chi connectivity index (χ1) is 7.54. The lowest BCUT2D eigenvalue weighted by atomic mass is 10.2. The van der Waals surface area contributed by atoms with Crippen LogP contribution in [-0.4, -0.2) is 30.4 Å². The van der Waals surface area contributed by atoms with Gasteiger partial charge in [0.05, 0.1) is 17.1 Å². The highest BCUT2D eigenvalue weighted by molar-refractivity contribution is 6.41. The molecule has 0 fully saturated rings. The van der Waals surface area contributed by atoms with Gasteiger partial charge in [0.15, 0.2) is 0 Å². The van der Waals surface area contributed by atoms with Crippen LogP contribution in [-0.2, 0) is 4.79 Å². The van der Waals surface area contributed by atoms with Crippen molar-refractivity contribution in [1.29, 1.82) is 0 Å². The molecule has 0 saturated carbocycles. The van der Waals surface area contributed by atoms with E-state index >= 15 is 0 Å². The second kappa shape index (κ2) is 5.67. The number of rotatable bonds is 3. The maximum atomic E-state index is 11.5. The van der Waals surface area contributed by atoms with Crippen LogP contribution in [0.1, 0.15) is 10.4 Å². The molecule has 0 bridgehead atoms. The number of nitrogens with one attached hydrogen (secondary N) is 2. The highest BCUT2D eigenvalue weighted by Gasteiger charge is 2.09. The number of halogens is 2. The highest BCUT2D eigenvalue weighted by Crippen LogP contribution is 2.19. The van der Waals surface area contributed by atoms with E-state index in [4.69, 9.17) is 23.2 Å². The minimum Gasteiger partial charge on any atom is -0.358 e. The van der Waals surface area contributed by atoms with Crippen LogP contribution in [0.2, 0.25) is 10.2 Å². The van der Waals surface area contributed by atoms with E-state index in [0.717, 1.165) is 0 Å². The Labute approximate surface area is 102 Å². The first-order valence-corrected chi connectivity index (χ1v) is 5.10. The Hall–Kier alpha value is -1.33. The van der Waals surface area contributed by atoms with E-state index < -0.39 is 5.91 Å². The Morgan fingerprint density at radius 3 is 2.69 bits per heavy atom. The van der Waals surface area contributed by atoms with Gasteiger partial charge in [0.2, 0.25) is 5.91 Å². The molecule has 2 N–H and O–H groups in total. The van der Waals surface area contributed by atoms with Gasteiger partial charge in [-0.05, 0) is 6.07 Å². The monoisotopic (exact) mass is 261 g/mol. The quantitative estimate of drug-likeness (QED) is 0.794. The molecule has 0 unspecified atom stereocenters. The molecule has 5 nitrogen and oxygen atoms in total. The van der Waals surface area contributed by atoms with Gasteiger partial charge in [-0.3, -0.25) is 9.59 Å². The Morgan fingerprint density at radius 2 is 2.12 bits per heavy atom. The van der Waals surface area contributed by atoms with Crippen LogP contribution in [0.15, 0.2) is 12.3 Å². The van der Waals surface area contributed by atoms with E-state index in [2.05, 4.69) is 15.6 Å². The molecule has 1 aromatic heterocycles. The maximum absolute atomic E-state index is 11.5. The van der Waals surface area contributed by atoms with E-state index in [-0.39, 0.29) is 28.2 Å². The average molecular weight is 262 g/mol. The predicted octanol–water partition coefficient (Wildman–Crippen LogP) is 0.864. The molecule has 1 heterocycles. The maximum Gasteiger partial charge on any atom is 0.253 e. The molecule has 7 heteroatoms. The number of likely N-dealkylation sites (N-methyl/N-ethyl adjacent to an activating group) is 1. The largest absolute Gasteiger partial charge is 0.358 e. The number of amides is 2. The van der Waals surface area contributed by atoms with Crippen molar-refractivity contribution in [3.8, 4) is 0 Å². The molecule has 0 aliphatic carbocycles. The Balaban J connectivity index is 2.66. The third kappa shape index (κ3) is 3.36. The summed E-state index contributed by atoms with van der Waals surface area (Å²) in [5.41, 5.74) is 0.248.